The Balaban J connectivity index is 2.00. The molecule has 4 atom stereocenters. The van der Waals surface area contributed by atoms with Gasteiger partial charge < -0.3 is 0 Å². The molecule has 2 aliphatic carbocycles. The second-order valence-corrected chi connectivity index (χ2v) is 6.08. The molecule has 0 N–H and O–H groups in total. The zero-order valence-corrected chi connectivity index (χ0v) is 10.3. The minimum atomic E-state index is -0.202. The summed E-state index contributed by atoms with van der Waals surface area (Å²) < 4.78 is 0. The van der Waals surface area contributed by atoms with E-state index in [1.54, 1.807) is 0 Å². The first-order valence-corrected chi connectivity index (χ1v) is 6.42. The van der Waals surface area contributed by atoms with Gasteiger partial charge in [-0.05, 0) is 36.5 Å². The molecule has 0 heterocycles. The van der Waals surface area contributed by atoms with Gasteiger partial charge in [-0.1, -0.05) is 45.2 Å². The Bertz CT molecular complexity index is 265. The van der Waals surface area contributed by atoms with E-state index in [2.05, 4.69) is 25.9 Å². The van der Waals surface area contributed by atoms with Crippen molar-refractivity contribution in [2.24, 2.45) is 22.4 Å². The first-order chi connectivity index (χ1) is 7.08. The average molecular weight is 209 g/mol. The maximum atomic E-state index is 11.2. The third kappa shape index (κ3) is 1.62. The third-order valence-corrected chi connectivity index (χ3v) is 4.98. The number of nitroso groups, excluding NO2 is 1. The Morgan fingerprint density at radius 3 is 2.60 bits per heavy atom. The highest BCUT2D eigenvalue weighted by molar-refractivity contribution is 5.18. The van der Waals surface area contributed by atoms with Crippen LogP contribution in [0.3, 0.4) is 0 Å². The maximum Gasteiger partial charge on any atom is 0.106 e. The highest BCUT2D eigenvalue weighted by Gasteiger charge is 2.67. The molecule has 2 fully saturated rings. The van der Waals surface area contributed by atoms with E-state index >= 15 is 0 Å². The molecule has 0 aliphatic heterocycles. The van der Waals surface area contributed by atoms with Gasteiger partial charge in [0.25, 0.3) is 0 Å². The summed E-state index contributed by atoms with van der Waals surface area (Å²) in [5.74, 6) is 1.31. The van der Waals surface area contributed by atoms with E-state index in [-0.39, 0.29) is 5.54 Å². The number of unbranched alkanes of at least 4 members (excludes halogenated alkanes) is 2. The predicted octanol–water partition coefficient (Wildman–Crippen LogP) is 4.14. The van der Waals surface area contributed by atoms with Gasteiger partial charge in [0.05, 0.1) is 0 Å². The molecule has 0 aromatic rings. The lowest BCUT2D eigenvalue weighted by molar-refractivity contribution is 0.260. The van der Waals surface area contributed by atoms with Gasteiger partial charge in [0, 0.05) is 0 Å². The zero-order valence-electron chi connectivity index (χ0n) is 10.3. The highest BCUT2D eigenvalue weighted by Crippen LogP contribution is 2.70. The lowest BCUT2D eigenvalue weighted by Gasteiger charge is -2.29. The first kappa shape index (κ1) is 11.1. The van der Waals surface area contributed by atoms with Crippen molar-refractivity contribution in [2.45, 2.75) is 64.8 Å². The summed E-state index contributed by atoms with van der Waals surface area (Å²) in [7, 11) is 0. The monoisotopic (exact) mass is 209 g/mol. The van der Waals surface area contributed by atoms with Crippen LogP contribution in [0.25, 0.3) is 0 Å². The Hall–Kier alpha value is -0.400. The fourth-order valence-electron chi connectivity index (χ4n) is 3.82. The minimum absolute atomic E-state index is 0.202. The fourth-order valence-corrected chi connectivity index (χ4v) is 3.82. The van der Waals surface area contributed by atoms with Crippen molar-refractivity contribution in [3.8, 4) is 0 Å². The van der Waals surface area contributed by atoms with Crippen LogP contribution in [0.4, 0.5) is 0 Å². The highest BCUT2D eigenvalue weighted by atomic mass is 16.3. The van der Waals surface area contributed by atoms with E-state index in [1.807, 2.05) is 0 Å². The van der Waals surface area contributed by atoms with Crippen molar-refractivity contribution in [1.29, 1.82) is 0 Å². The quantitative estimate of drug-likeness (QED) is 0.494. The van der Waals surface area contributed by atoms with Gasteiger partial charge in [-0.15, -0.1) is 0 Å². The molecule has 0 radical (unpaired) electrons. The van der Waals surface area contributed by atoms with Crippen LogP contribution in [0, 0.1) is 22.2 Å². The molecule has 86 valence electrons. The van der Waals surface area contributed by atoms with Crippen molar-refractivity contribution in [2.75, 3.05) is 0 Å². The fraction of sp³-hybridized carbons (Fsp3) is 1.00. The molecule has 2 unspecified atom stereocenters. The van der Waals surface area contributed by atoms with Gasteiger partial charge in [0.1, 0.15) is 5.54 Å². The zero-order chi connectivity index (χ0) is 11.1. The standard InChI is InChI=1S/C13H23NO/c1-4-5-6-7-13(14-15)9-12(3)8-11(12)10(13)2/h10-11H,4-9H2,1-3H3/t10?,11?,12-,13-/m1/s1. The van der Waals surface area contributed by atoms with Crippen molar-refractivity contribution < 1.29 is 0 Å². The van der Waals surface area contributed by atoms with Crippen molar-refractivity contribution in [3.63, 3.8) is 0 Å². The molecule has 2 rings (SSSR count). The van der Waals surface area contributed by atoms with Crippen molar-refractivity contribution in [1.82, 2.24) is 0 Å². The lowest BCUT2D eigenvalue weighted by atomic mass is 9.80. The molecule has 15 heavy (non-hydrogen) atoms. The van der Waals surface area contributed by atoms with Crippen LogP contribution < -0.4 is 0 Å². The Kier molecular flexibility index (Phi) is 2.64. The molecule has 0 saturated heterocycles. The molecule has 2 nitrogen and oxygen atoms in total. The van der Waals surface area contributed by atoms with Crippen LogP contribution in [-0.2, 0) is 0 Å². The molecule has 2 saturated carbocycles. The van der Waals surface area contributed by atoms with Gasteiger partial charge in [0.2, 0.25) is 0 Å². The van der Waals surface area contributed by atoms with Crippen LogP contribution in [0.2, 0.25) is 0 Å². The third-order valence-electron chi connectivity index (χ3n) is 4.98. The van der Waals surface area contributed by atoms with E-state index in [9.17, 15) is 4.91 Å². The summed E-state index contributed by atoms with van der Waals surface area (Å²) in [4.78, 5) is 11.2. The smallest absolute Gasteiger partial charge is 0.106 e. The number of nitrogens with zero attached hydrogens (tertiary/aromatic N) is 1. The maximum absolute atomic E-state index is 11.2. The second kappa shape index (κ2) is 3.57. The topological polar surface area (TPSA) is 29.4 Å². The number of hydrogen-bond donors (Lipinski definition) is 0. The molecule has 0 amide bonds. The summed E-state index contributed by atoms with van der Waals surface area (Å²) in [6.45, 7) is 6.79. The van der Waals surface area contributed by atoms with Gasteiger partial charge >= 0.3 is 0 Å². The Morgan fingerprint density at radius 1 is 1.40 bits per heavy atom. The van der Waals surface area contributed by atoms with Crippen LogP contribution in [0.1, 0.15) is 59.3 Å². The second-order valence-electron chi connectivity index (χ2n) is 6.08. The number of fused-ring (bicyclic) bond motifs is 1. The van der Waals surface area contributed by atoms with Crippen LogP contribution >= 0.6 is 0 Å². The van der Waals surface area contributed by atoms with Crippen LogP contribution in [-0.4, -0.2) is 5.54 Å². The molecule has 0 aromatic carbocycles. The van der Waals surface area contributed by atoms with E-state index in [0.29, 0.717) is 11.3 Å². The molecule has 2 aliphatic rings. The van der Waals surface area contributed by atoms with Gasteiger partial charge in [0.15, 0.2) is 0 Å². The van der Waals surface area contributed by atoms with Gasteiger partial charge in [-0.25, -0.2) is 0 Å². The van der Waals surface area contributed by atoms with Crippen LogP contribution in [0.15, 0.2) is 5.18 Å². The Morgan fingerprint density at radius 2 is 2.13 bits per heavy atom. The Labute approximate surface area is 92.8 Å². The van der Waals surface area contributed by atoms with Crippen molar-refractivity contribution in [3.05, 3.63) is 4.91 Å². The molecular weight excluding hydrogens is 186 g/mol. The normalized spacial score (nSPS) is 47.7. The first-order valence-electron chi connectivity index (χ1n) is 6.42. The van der Waals surface area contributed by atoms with E-state index in [1.165, 1.54) is 25.7 Å². The number of rotatable bonds is 5. The van der Waals surface area contributed by atoms with Crippen LogP contribution in [0.5, 0.6) is 0 Å². The number of hydrogen-bond acceptors (Lipinski definition) is 2. The SMILES string of the molecule is CCCCC[C@@]1(N=O)C[C@@]2(C)CC2C1C. The average Bonchev–Trinajstić information content (AvgIpc) is 2.82. The largest absolute Gasteiger partial charge is 0.150 e. The summed E-state index contributed by atoms with van der Waals surface area (Å²) in [6, 6.07) is 0. The van der Waals surface area contributed by atoms with E-state index in [0.717, 1.165) is 18.8 Å². The molecular formula is C13H23NO. The molecule has 0 spiro atoms. The summed E-state index contributed by atoms with van der Waals surface area (Å²) in [5.41, 5.74) is 0.270. The van der Waals surface area contributed by atoms with Gasteiger partial charge in [-0.3, -0.25) is 0 Å². The summed E-state index contributed by atoms with van der Waals surface area (Å²) >= 11 is 0. The predicted molar refractivity (Wildman–Crippen MR) is 62.7 cm³/mol. The molecule has 2 heteroatoms. The minimum Gasteiger partial charge on any atom is -0.150 e. The summed E-state index contributed by atoms with van der Waals surface area (Å²) in [6.07, 6.45) is 7.06. The molecule has 0 bridgehead atoms. The lowest BCUT2D eigenvalue weighted by Crippen LogP contribution is -2.32. The molecule has 0 aromatic heterocycles. The van der Waals surface area contributed by atoms with E-state index in [4.69, 9.17) is 0 Å². The summed E-state index contributed by atoms with van der Waals surface area (Å²) in [5, 5.41) is 3.55. The van der Waals surface area contributed by atoms with Crippen molar-refractivity contribution >= 4 is 0 Å². The van der Waals surface area contributed by atoms with Gasteiger partial charge in [-0.2, -0.15) is 4.91 Å². The van der Waals surface area contributed by atoms with E-state index < -0.39 is 0 Å².